The molecule has 4 heteroatoms. The Morgan fingerprint density at radius 1 is 1.30 bits per heavy atom. The highest BCUT2D eigenvalue weighted by atomic mass is 16.5. The van der Waals surface area contributed by atoms with E-state index in [1.807, 2.05) is 13.8 Å². The maximum absolute atomic E-state index is 11.5. The number of amides is 1. The molecule has 1 atom stereocenters. The van der Waals surface area contributed by atoms with Gasteiger partial charge >= 0.3 is 0 Å². The molecule has 0 aliphatic rings. The summed E-state index contributed by atoms with van der Waals surface area (Å²) < 4.78 is 5.78. The van der Waals surface area contributed by atoms with Crippen molar-refractivity contribution in [3.8, 4) is 5.75 Å². The number of hydrogen-bond acceptors (Lipinski definition) is 3. The van der Waals surface area contributed by atoms with E-state index < -0.39 is 6.10 Å². The van der Waals surface area contributed by atoms with Gasteiger partial charge in [-0.05, 0) is 50.4 Å². The number of hydrogen-bond donors (Lipinski definition) is 2. The molecule has 112 valence electrons. The van der Waals surface area contributed by atoms with Gasteiger partial charge in [0.05, 0.1) is 0 Å². The number of carbonyl (C=O) groups excluding carboxylic acids is 1. The van der Waals surface area contributed by atoms with Crippen molar-refractivity contribution < 1.29 is 9.53 Å². The van der Waals surface area contributed by atoms with Crippen LogP contribution in [0.4, 0.5) is 0 Å². The van der Waals surface area contributed by atoms with Gasteiger partial charge in [-0.1, -0.05) is 19.1 Å². The monoisotopic (exact) mass is 278 g/mol. The van der Waals surface area contributed by atoms with Crippen molar-refractivity contribution in [3.63, 3.8) is 0 Å². The first-order valence-corrected chi connectivity index (χ1v) is 7.18. The largest absolute Gasteiger partial charge is 0.480 e. The molecule has 1 aromatic carbocycles. The van der Waals surface area contributed by atoms with Crippen LogP contribution in [0, 0.1) is 13.8 Å². The van der Waals surface area contributed by atoms with Crippen LogP contribution in [0.5, 0.6) is 5.75 Å². The van der Waals surface area contributed by atoms with Crippen LogP contribution in [0.25, 0.3) is 0 Å². The lowest BCUT2D eigenvalue weighted by Crippen LogP contribution is -2.34. The number of likely N-dealkylation sites (N-methyl/N-ethyl adjacent to an activating group) is 1. The first-order chi connectivity index (χ1) is 9.49. The molecule has 1 amide bonds. The summed E-state index contributed by atoms with van der Waals surface area (Å²) in [4.78, 5) is 11.5. The Labute approximate surface area is 121 Å². The second-order valence-corrected chi connectivity index (χ2v) is 5.11. The fourth-order valence-electron chi connectivity index (χ4n) is 2.17. The molecule has 1 aromatic rings. The van der Waals surface area contributed by atoms with E-state index in [2.05, 4.69) is 29.7 Å². The summed E-state index contributed by atoms with van der Waals surface area (Å²) >= 11 is 0. The quantitative estimate of drug-likeness (QED) is 0.753. The minimum Gasteiger partial charge on any atom is -0.480 e. The smallest absolute Gasteiger partial charge is 0.260 e. The number of aryl methyl sites for hydroxylation is 2. The van der Waals surface area contributed by atoms with Crippen molar-refractivity contribution in [1.29, 1.82) is 0 Å². The molecule has 4 nitrogen and oxygen atoms in total. The molecule has 1 unspecified atom stereocenters. The summed E-state index contributed by atoms with van der Waals surface area (Å²) in [7, 11) is 1.62. The van der Waals surface area contributed by atoms with Gasteiger partial charge in [0.25, 0.3) is 5.91 Å². The lowest BCUT2D eigenvalue weighted by atomic mass is 10.1. The van der Waals surface area contributed by atoms with Crippen molar-refractivity contribution in [1.82, 2.24) is 10.6 Å². The maximum atomic E-state index is 11.5. The van der Waals surface area contributed by atoms with Crippen molar-refractivity contribution in [3.05, 3.63) is 28.8 Å². The van der Waals surface area contributed by atoms with Gasteiger partial charge in [-0.3, -0.25) is 4.79 Å². The molecule has 0 bridgehead atoms. The molecule has 0 radical (unpaired) electrons. The van der Waals surface area contributed by atoms with Crippen LogP contribution in [0.15, 0.2) is 12.1 Å². The second kappa shape index (κ2) is 7.90. The standard InChI is InChI=1S/C16H26N2O2/c1-6-7-18-10-14-8-11(2)15(12(3)9-14)20-13(4)16(19)17-5/h8-9,13,18H,6-7,10H2,1-5H3,(H,17,19). The normalized spacial score (nSPS) is 12.1. The fraction of sp³-hybridized carbons (Fsp3) is 0.562. The molecule has 0 aliphatic carbocycles. The molecule has 0 fully saturated rings. The van der Waals surface area contributed by atoms with Crippen molar-refractivity contribution >= 4 is 5.91 Å². The molecule has 0 spiro atoms. The molecule has 2 N–H and O–H groups in total. The molecule has 20 heavy (non-hydrogen) atoms. The highest BCUT2D eigenvalue weighted by Crippen LogP contribution is 2.26. The average Bonchev–Trinajstić information content (AvgIpc) is 2.42. The number of nitrogens with one attached hydrogen (secondary N) is 2. The van der Waals surface area contributed by atoms with Gasteiger partial charge in [0.15, 0.2) is 6.10 Å². The Morgan fingerprint density at radius 2 is 1.90 bits per heavy atom. The first-order valence-electron chi connectivity index (χ1n) is 7.18. The van der Waals surface area contributed by atoms with Gasteiger partial charge in [-0.15, -0.1) is 0 Å². The van der Waals surface area contributed by atoms with Crippen molar-refractivity contribution in [2.45, 2.75) is 46.8 Å². The van der Waals surface area contributed by atoms with Crippen LogP contribution in [-0.4, -0.2) is 25.6 Å². The van der Waals surface area contributed by atoms with Gasteiger partial charge in [-0.25, -0.2) is 0 Å². The molecule has 0 heterocycles. The van der Waals surface area contributed by atoms with Crippen molar-refractivity contribution in [2.24, 2.45) is 0 Å². The number of carbonyl (C=O) groups is 1. The van der Waals surface area contributed by atoms with Crippen LogP contribution in [0.3, 0.4) is 0 Å². The van der Waals surface area contributed by atoms with Crippen LogP contribution in [-0.2, 0) is 11.3 Å². The zero-order valence-corrected chi connectivity index (χ0v) is 13.2. The Kier molecular flexibility index (Phi) is 6.52. The Balaban J connectivity index is 2.81. The molecular formula is C16H26N2O2. The van der Waals surface area contributed by atoms with E-state index in [1.54, 1.807) is 14.0 Å². The first kappa shape index (κ1) is 16.5. The fourth-order valence-corrected chi connectivity index (χ4v) is 2.17. The molecule has 0 saturated heterocycles. The van der Waals surface area contributed by atoms with Gasteiger partial charge in [0, 0.05) is 13.6 Å². The third kappa shape index (κ3) is 4.53. The zero-order valence-electron chi connectivity index (χ0n) is 13.2. The molecule has 0 saturated carbocycles. The summed E-state index contributed by atoms with van der Waals surface area (Å²) in [6.45, 7) is 9.82. The lowest BCUT2D eigenvalue weighted by Gasteiger charge is -2.18. The Hall–Kier alpha value is -1.55. The summed E-state index contributed by atoms with van der Waals surface area (Å²) in [6, 6.07) is 4.23. The molecule has 0 aliphatic heterocycles. The highest BCUT2D eigenvalue weighted by molar-refractivity contribution is 5.80. The summed E-state index contributed by atoms with van der Waals surface area (Å²) in [6.07, 6.45) is 0.643. The predicted octanol–water partition coefficient (Wildman–Crippen LogP) is 2.32. The zero-order chi connectivity index (χ0) is 15.1. The van der Waals surface area contributed by atoms with E-state index in [1.165, 1.54) is 5.56 Å². The summed E-state index contributed by atoms with van der Waals surface area (Å²) in [5.41, 5.74) is 3.37. The minimum absolute atomic E-state index is 0.113. The van der Waals surface area contributed by atoms with Gasteiger partial charge in [-0.2, -0.15) is 0 Å². The Morgan fingerprint density at radius 3 is 2.40 bits per heavy atom. The lowest BCUT2D eigenvalue weighted by molar-refractivity contribution is -0.126. The molecular weight excluding hydrogens is 252 g/mol. The van der Waals surface area contributed by atoms with E-state index in [4.69, 9.17) is 4.74 Å². The Bertz CT molecular complexity index is 435. The predicted molar refractivity (Wildman–Crippen MR) is 82.1 cm³/mol. The second-order valence-electron chi connectivity index (χ2n) is 5.11. The average molecular weight is 278 g/mol. The molecule has 1 rings (SSSR count). The van der Waals surface area contributed by atoms with Gasteiger partial charge in [0.1, 0.15) is 5.75 Å². The number of rotatable bonds is 7. The van der Waals surface area contributed by atoms with Crippen LogP contribution >= 0.6 is 0 Å². The van der Waals surface area contributed by atoms with Gasteiger partial charge in [0.2, 0.25) is 0 Å². The van der Waals surface area contributed by atoms with E-state index in [9.17, 15) is 4.79 Å². The number of benzene rings is 1. The minimum atomic E-state index is -0.485. The summed E-state index contributed by atoms with van der Waals surface area (Å²) in [5.74, 6) is 0.692. The van der Waals surface area contributed by atoms with Crippen LogP contribution in [0.2, 0.25) is 0 Å². The van der Waals surface area contributed by atoms with E-state index in [0.717, 1.165) is 36.4 Å². The highest BCUT2D eigenvalue weighted by Gasteiger charge is 2.15. The maximum Gasteiger partial charge on any atom is 0.260 e. The van der Waals surface area contributed by atoms with E-state index in [-0.39, 0.29) is 5.91 Å². The van der Waals surface area contributed by atoms with Crippen molar-refractivity contribution in [2.75, 3.05) is 13.6 Å². The third-order valence-electron chi connectivity index (χ3n) is 3.19. The summed E-state index contributed by atoms with van der Waals surface area (Å²) in [5, 5.41) is 5.98. The van der Waals surface area contributed by atoms with Gasteiger partial charge < -0.3 is 15.4 Å². The van der Waals surface area contributed by atoms with Crippen LogP contribution < -0.4 is 15.4 Å². The number of ether oxygens (including phenoxy) is 1. The SMILES string of the molecule is CCCNCc1cc(C)c(OC(C)C(=O)NC)c(C)c1. The van der Waals surface area contributed by atoms with E-state index >= 15 is 0 Å². The van der Waals surface area contributed by atoms with E-state index in [0.29, 0.717) is 0 Å². The topological polar surface area (TPSA) is 50.4 Å². The molecule has 0 aromatic heterocycles. The van der Waals surface area contributed by atoms with Crippen LogP contribution in [0.1, 0.15) is 37.0 Å². The third-order valence-corrected chi connectivity index (χ3v) is 3.19.